The average Bonchev–Trinajstić information content (AvgIpc) is 3.17. The standard InChI is InChI=1S/C24H26FN3O5.C15H16FN3O3/c1-15-10-18(8-9-33-15)27(14-16-4-6-19(31-2)12-23(16)32-3)24-20-11-17(25)5-7-21(20)26-13-22(24)28(29)30;1-9-6-11(4-5-22-9)18-15-12-7-10(16)2-3-13(12)17-8-14(15)19(20)21/h4-7,11-13,15,18H,8-10,14H2,1-3H3;2-3,7-9,11H,4-6H2,1H3,(H,17,18)/t15-,18?;9-,11?/m11/s1. The Labute approximate surface area is 315 Å². The van der Waals surface area contributed by atoms with Crippen LogP contribution in [0, 0.1) is 31.9 Å². The van der Waals surface area contributed by atoms with Gasteiger partial charge in [0.15, 0.2) is 0 Å². The van der Waals surface area contributed by atoms with Gasteiger partial charge in [-0.05, 0) is 88.1 Å². The Morgan fingerprint density at radius 2 is 1.44 bits per heavy atom. The summed E-state index contributed by atoms with van der Waals surface area (Å²) in [5.41, 5.74) is 2.21. The van der Waals surface area contributed by atoms with Crippen molar-refractivity contribution in [3.8, 4) is 11.5 Å². The van der Waals surface area contributed by atoms with Gasteiger partial charge < -0.3 is 29.2 Å². The highest BCUT2D eigenvalue weighted by Gasteiger charge is 2.33. The van der Waals surface area contributed by atoms with E-state index in [2.05, 4.69) is 15.3 Å². The zero-order valence-electron chi connectivity index (χ0n) is 30.9. The maximum Gasteiger partial charge on any atom is 0.311 e. The maximum atomic E-state index is 14.3. The number of hydrogen-bond acceptors (Lipinski definition) is 12. The van der Waals surface area contributed by atoms with Gasteiger partial charge in [-0.3, -0.25) is 20.2 Å². The summed E-state index contributed by atoms with van der Waals surface area (Å²) in [5, 5.41) is 27.3. The molecule has 2 aliphatic heterocycles. The molecule has 0 aliphatic carbocycles. The Morgan fingerprint density at radius 1 is 0.818 bits per heavy atom. The van der Waals surface area contributed by atoms with Crippen LogP contribution in [0.3, 0.4) is 0 Å². The van der Waals surface area contributed by atoms with Crippen LogP contribution in [0.4, 0.5) is 31.5 Å². The van der Waals surface area contributed by atoms with Crippen LogP contribution in [-0.2, 0) is 16.0 Å². The van der Waals surface area contributed by atoms with Gasteiger partial charge in [0.2, 0.25) is 0 Å². The average molecular weight is 761 g/mol. The zero-order chi connectivity index (χ0) is 39.2. The Hall–Kier alpha value is -5.74. The number of nitrogens with zero attached hydrogens (tertiary/aromatic N) is 5. The quantitative estimate of drug-likeness (QED) is 0.108. The van der Waals surface area contributed by atoms with Gasteiger partial charge >= 0.3 is 11.4 Å². The van der Waals surface area contributed by atoms with E-state index in [1.165, 1.54) is 48.8 Å². The van der Waals surface area contributed by atoms with Crippen molar-refractivity contribution in [1.29, 1.82) is 0 Å². The van der Waals surface area contributed by atoms with Crippen LogP contribution in [0.1, 0.15) is 45.1 Å². The van der Waals surface area contributed by atoms with Gasteiger partial charge in [0.25, 0.3) is 0 Å². The van der Waals surface area contributed by atoms with E-state index in [0.29, 0.717) is 77.3 Å². The van der Waals surface area contributed by atoms with E-state index in [4.69, 9.17) is 18.9 Å². The van der Waals surface area contributed by atoms with Gasteiger partial charge in [-0.15, -0.1) is 0 Å². The minimum atomic E-state index is -0.498. The van der Waals surface area contributed by atoms with Crippen molar-refractivity contribution in [3.63, 3.8) is 0 Å². The van der Waals surface area contributed by atoms with Crippen molar-refractivity contribution in [3.05, 3.63) is 104 Å². The van der Waals surface area contributed by atoms with Crippen LogP contribution < -0.4 is 19.7 Å². The molecule has 3 aromatic carbocycles. The molecule has 0 bridgehead atoms. The lowest BCUT2D eigenvalue weighted by Crippen LogP contribution is -2.42. The van der Waals surface area contributed by atoms with Crippen molar-refractivity contribution in [2.24, 2.45) is 0 Å². The first-order valence-corrected chi connectivity index (χ1v) is 17.9. The third-order valence-electron chi connectivity index (χ3n) is 9.84. The molecule has 7 rings (SSSR count). The molecule has 2 unspecified atom stereocenters. The fourth-order valence-electron chi connectivity index (χ4n) is 7.17. The number of aromatic nitrogens is 2. The Balaban J connectivity index is 0.000000203. The normalized spacial score (nSPS) is 19.6. The van der Waals surface area contributed by atoms with E-state index in [-0.39, 0.29) is 35.7 Å². The first-order valence-electron chi connectivity index (χ1n) is 17.9. The molecule has 55 heavy (non-hydrogen) atoms. The van der Waals surface area contributed by atoms with E-state index in [9.17, 15) is 29.0 Å². The lowest BCUT2D eigenvalue weighted by molar-refractivity contribution is -0.384. The number of fused-ring (bicyclic) bond motifs is 2. The molecule has 0 radical (unpaired) electrons. The van der Waals surface area contributed by atoms with Gasteiger partial charge in [0, 0.05) is 54.2 Å². The second-order valence-electron chi connectivity index (χ2n) is 13.6. The molecule has 2 aliphatic rings. The van der Waals surface area contributed by atoms with E-state index in [1.54, 1.807) is 20.3 Å². The summed E-state index contributed by atoms with van der Waals surface area (Å²) in [4.78, 5) is 32.6. The number of hydrogen-bond donors (Lipinski definition) is 1. The highest BCUT2D eigenvalue weighted by Crippen LogP contribution is 2.41. The molecule has 2 aromatic heterocycles. The minimum absolute atomic E-state index is 0.00657. The van der Waals surface area contributed by atoms with Crippen molar-refractivity contribution >= 4 is 44.6 Å². The van der Waals surface area contributed by atoms with Crippen LogP contribution in [0.25, 0.3) is 21.8 Å². The topological polar surface area (TPSA) is 164 Å². The molecule has 2 fully saturated rings. The second-order valence-corrected chi connectivity index (χ2v) is 13.6. The summed E-state index contributed by atoms with van der Waals surface area (Å²) in [6.45, 7) is 5.40. The van der Waals surface area contributed by atoms with Crippen molar-refractivity contribution in [2.75, 3.05) is 37.7 Å². The molecule has 14 nitrogen and oxygen atoms in total. The minimum Gasteiger partial charge on any atom is -0.497 e. The molecule has 2 saturated heterocycles. The lowest BCUT2D eigenvalue weighted by Gasteiger charge is -2.38. The molecule has 0 saturated carbocycles. The van der Waals surface area contributed by atoms with Crippen LogP contribution >= 0.6 is 0 Å². The fraction of sp³-hybridized carbons (Fsp3) is 0.385. The highest BCUT2D eigenvalue weighted by atomic mass is 19.1. The second kappa shape index (κ2) is 17.2. The lowest BCUT2D eigenvalue weighted by atomic mass is 9.99. The Morgan fingerprint density at radius 3 is 2.05 bits per heavy atom. The summed E-state index contributed by atoms with van der Waals surface area (Å²) in [7, 11) is 3.14. The number of nitrogens with one attached hydrogen (secondary N) is 1. The smallest absolute Gasteiger partial charge is 0.311 e. The largest absolute Gasteiger partial charge is 0.497 e. The molecular weight excluding hydrogens is 718 g/mol. The van der Waals surface area contributed by atoms with Gasteiger partial charge in [0.1, 0.15) is 46.9 Å². The van der Waals surface area contributed by atoms with E-state index in [1.807, 2.05) is 30.9 Å². The number of ether oxygens (including phenoxy) is 4. The molecular formula is C39H42F2N6O8. The van der Waals surface area contributed by atoms with Gasteiger partial charge in [-0.25, -0.2) is 18.7 Å². The summed E-state index contributed by atoms with van der Waals surface area (Å²) in [6, 6.07) is 13.7. The SMILES string of the molecule is COc1ccc(CN(c2c([N+](=O)[O-])cnc3ccc(F)cc23)C2CCO[C@H](C)C2)c(OC)c1.C[C@@H]1CC(Nc2c([N+](=O)[O-])cnc3ccc(F)cc23)CCO1. The predicted molar refractivity (Wildman–Crippen MR) is 203 cm³/mol. The summed E-state index contributed by atoms with van der Waals surface area (Å²) < 4.78 is 49.9. The number of rotatable bonds is 10. The van der Waals surface area contributed by atoms with Gasteiger partial charge in [-0.2, -0.15) is 0 Å². The molecule has 4 heterocycles. The van der Waals surface area contributed by atoms with Crippen molar-refractivity contribution < 1.29 is 37.6 Å². The van der Waals surface area contributed by atoms with Gasteiger partial charge in [-0.1, -0.05) is 0 Å². The van der Waals surface area contributed by atoms with Crippen LogP contribution in [0.15, 0.2) is 67.0 Å². The van der Waals surface area contributed by atoms with E-state index in [0.717, 1.165) is 18.4 Å². The Kier molecular flexibility index (Phi) is 12.2. The number of pyridine rings is 2. The fourth-order valence-corrected chi connectivity index (χ4v) is 7.17. The number of anilines is 2. The number of methoxy groups -OCH3 is 2. The number of nitro groups is 2. The highest BCUT2D eigenvalue weighted by molar-refractivity contribution is 5.97. The monoisotopic (exact) mass is 760 g/mol. The van der Waals surface area contributed by atoms with Gasteiger partial charge in [0.05, 0.1) is 47.3 Å². The van der Waals surface area contributed by atoms with E-state index >= 15 is 0 Å². The number of halogens is 2. The Bertz CT molecular complexity index is 2190. The molecule has 290 valence electrons. The summed E-state index contributed by atoms with van der Waals surface area (Å²) >= 11 is 0. The number of benzene rings is 3. The third kappa shape index (κ3) is 8.98. The van der Waals surface area contributed by atoms with Crippen LogP contribution in [0.5, 0.6) is 11.5 Å². The third-order valence-corrected chi connectivity index (χ3v) is 9.84. The van der Waals surface area contributed by atoms with Crippen LogP contribution in [-0.4, -0.2) is 71.5 Å². The van der Waals surface area contributed by atoms with E-state index < -0.39 is 21.5 Å². The molecule has 5 aromatic rings. The van der Waals surface area contributed by atoms with Crippen molar-refractivity contribution in [1.82, 2.24) is 9.97 Å². The van der Waals surface area contributed by atoms with Crippen molar-refractivity contribution in [2.45, 2.75) is 70.4 Å². The molecule has 4 atom stereocenters. The summed E-state index contributed by atoms with van der Waals surface area (Å²) in [6.07, 6.45) is 5.40. The molecule has 0 spiro atoms. The van der Waals surface area contributed by atoms with Crippen LogP contribution in [0.2, 0.25) is 0 Å². The molecule has 0 amide bonds. The maximum absolute atomic E-state index is 14.3. The molecule has 1 N–H and O–H groups in total. The predicted octanol–water partition coefficient (Wildman–Crippen LogP) is 8.13. The first kappa shape index (κ1) is 39.0. The first-order chi connectivity index (χ1) is 26.4. The molecule has 16 heteroatoms. The zero-order valence-corrected chi connectivity index (χ0v) is 30.9. The summed E-state index contributed by atoms with van der Waals surface area (Å²) in [5.74, 6) is 0.322.